The Labute approximate surface area is 301 Å². The molecule has 0 saturated carbocycles. The second kappa shape index (κ2) is 13.1. The van der Waals surface area contributed by atoms with Crippen LogP contribution in [-0.4, -0.2) is 72.3 Å². The van der Waals surface area contributed by atoms with Gasteiger partial charge in [-0.2, -0.15) is 25.3 Å². The molecule has 1 aliphatic carbocycles. The van der Waals surface area contributed by atoms with Gasteiger partial charge in [0, 0.05) is 59.1 Å². The number of hydrogen-bond donors (Lipinski definition) is 7. The fourth-order valence-corrected chi connectivity index (χ4v) is 7.72. The van der Waals surface area contributed by atoms with Gasteiger partial charge >= 0.3 is 29.6 Å². The average molecular weight is 767 g/mol. The number of phenolic OH excluding ortho intramolecular Hbond substituents is 4. The third kappa shape index (κ3) is 8.05. The van der Waals surface area contributed by atoms with E-state index in [0.717, 1.165) is 48.5 Å². The van der Waals surface area contributed by atoms with Crippen molar-refractivity contribution < 1.29 is 102 Å². The molecule has 5 rings (SSSR count). The third-order valence-electron chi connectivity index (χ3n) is 7.67. The van der Waals surface area contributed by atoms with E-state index in [2.05, 4.69) is 0 Å². The molecule has 0 radical (unpaired) electrons. The van der Waals surface area contributed by atoms with Gasteiger partial charge < -0.3 is 25.0 Å². The van der Waals surface area contributed by atoms with Crippen molar-refractivity contribution in [1.29, 1.82) is 0 Å². The standard InChI is InChI=1S/C28H24O16S4.Na/c29-25-13-1-14-6-22(46(36,37)38)8-16(26(14)30)3-18-10-24(48(42,43)44)12-20(28(18)32)4-19-11-23(47(39,40)41)9-17(27(19)31)2-15(25)7-21(5-13)45(33,34)35;/h5-12,29-32H,1-4H2,(H,33,34,35)(H,36,37,38)(H,39,40,41)(H,42,43,44);/q;+1/p-1. The van der Waals surface area contributed by atoms with E-state index < -0.39 is 120 Å². The summed E-state index contributed by atoms with van der Waals surface area (Å²) < 4.78 is 139. The molecular formula is C28H23NaO16S4. The molecule has 0 atom stereocenters. The van der Waals surface area contributed by atoms with Crippen LogP contribution in [0.5, 0.6) is 23.0 Å². The number of benzene rings is 4. The molecule has 0 aromatic heterocycles. The number of phenols is 4. The van der Waals surface area contributed by atoms with Gasteiger partial charge in [-0.3, -0.25) is 13.7 Å². The zero-order chi connectivity index (χ0) is 35.7. The van der Waals surface area contributed by atoms with Crippen LogP contribution < -0.4 is 29.6 Å². The number of rotatable bonds is 4. The van der Waals surface area contributed by atoms with Gasteiger partial charge in [-0.05, 0) is 59.7 Å². The van der Waals surface area contributed by atoms with Gasteiger partial charge in [0.05, 0.1) is 19.6 Å². The molecule has 7 N–H and O–H groups in total. The summed E-state index contributed by atoms with van der Waals surface area (Å²) in [6.45, 7) is 0. The molecule has 8 bridgehead atoms. The second-order valence-corrected chi connectivity index (χ2v) is 16.6. The summed E-state index contributed by atoms with van der Waals surface area (Å²) in [7, 11) is -20.3. The summed E-state index contributed by atoms with van der Waals surface area (Å²) in [4.78, 5) is -3.36. The van der Waals surface area contributed by atoms with Crippen LogP contribution in [-0.2, 0) is 66.2 Å². The SMILES string of the molecule is O=S(=O)([O-])c1cc2c(O)c(c1)Cc1cc(S(=O)(=O)O)cc(c1O)Cc1cc(S(=O)(=O)O)cc(c1O)Cc1cc(S(=O)(=O)O)cc(c1O)C2.[Na+]. The van der Waals surface area contributed by atoms with Crippen LogP contribution in [0.4, 0.5) is 0 Å². The molecule has 0 heterocycles. The Kier molecular flexibility index (Phi) is 10.3. The monoisotopic (exact) mass is 766 g/mol. The van der Waals surface area contributed by atoms with Gasteiger partial charge in [-0.25, -0.2) is 8.42 Å². The molecule has 16 nitrogen and oxygen atoms in total. The molecular weight excluding hydrogens is 744 g/mol. The van der Waals surface area contributed by atoms with Gasteiger partial charge in [0.25, 0.3) is 30.4 Å². The molecule has 49 heavy (non-hydrogen) atoms. The van der Waals surface area contributed by atoms with Crippen molar-refractivity contribution in [2.45, 2.75) is 45.3 Å². The number of fused-ring (bicyclic) bond motifs is 8. The van der Waals surface area contributed by atoms with Crippen molar-refractivity contribution in [2.24, 2.45) is 0 Å². The molecule has 0 fully saturated rings. The molecule has 21 heteroatoms. The van der Waals surface area contributed by atoms with E-state index >= 15 is 0 Å². The van der Waals surface area contributed by atoms with Crippen LogP contribution >= 0.6 is 0 Å². The topological polar surface area (TPSA) is 301 Å². The van der Waals surface area contributed by atoms with Crippen molar-refractivity contribution >= 4 is 40.5 Å². The summed E-state index contributed by atoms with van der Waals surface area (Å²) in [6.07, 6.45) is -2.82. The van der Waals surface area contributed by atoms with Crippen LogP contribution in [0.15, 0.2) is 68.1 Å². The van der Waals surface area contributed by atoms with E-state index in [9.17, 15) is 72.3 Å². The largest absolute Gasteiger partial charge is 1.00 e. The van der Waals surface area contributed by atoms with Crippen LogP contribution in [0.1, 0.15) is 44.5 Å². The van der Waals surface area contributed by atoms with E-state index in [-0.39, 0.29) is 62.9 Å². The average Bonchev–Trinajstić information content (AvgIpc) is 2.93. The minimum absolute atomic E-state index is 0. The van der Waals surface area contributed by atoms with Crippen molar-refractivity contribution in [3.63, 3.8) is 0 Å². The van der Waals surface area contributed by atoms with E-state index in [4.69, 9.17) is 0 Å². The van der Waals surface area contributed by atoms with Gasteiger partial charge in [-0.1, -0.05) is 0 Å². The van der Waals surface area contributed by atoms with Crippen molar-refractivity contribution in [2.75, 3.05) is 0 Å². The summed E-state index contributed by atoms with van der Waals surface area (Å²) >= 11 is 0. The van der Waals surface area contributed by atoms with Crippen molar-refractivity contribution in [3.05, 3.63) is 93.0 Å². The Morgan fingerprint density at radius 1 is 0.388 bits per heavy atom. The first-order chi connectivity index (χ1) is 21.9. The minimum atomic E-state index is -5.26. The fourth-order valence-electron chi connectivity index (χ4n) is 5.40. The predicted molar refractivity (Wildman–Crippen MR) is 161 cm³/mol. The number of aromatic hydroxyl groups is 4. The second-order valence-electron chi connectivity index (χ2n) is 10.9. The Bertz CT molecular complexity index is 2050. The first-order valence-corrected chi connectivity index (χ1v) is 18.9. The zero-order valence-electron chi connectivity index (χ0n) is 24.9. The minimum Gasteiger partial charge on any atom is -0.744 e. The molecule has 1 aliphatic rings. The van der Waals surface area contributed by atoms with E-state index in [1.54, 1.807) is 0 Å². The molecule has 0 unspecified atom stereocenters. The Balaban J connectivity index is 0.00000541. The quantitative estimate of drug-likeness (QED) is 0.0838. The Morgan fingerprint density at radius 3 is 0.694 bits per heavy atom. The van der Waals surface area contributed by atoms with Gasteiger partial charge in [0.2, 0.25) is 0 Å². The summed E-state index contributed by atoms with van der Waals surface area (Å²) in [5.74, 6) is -2.87. The van der Waals surface area contributed by atoms with Crippen molar-refractivity contribution in [3.8, 4) is 23.0 Å². The molecule has 256 valence electrons. The molecule has 0 spiro atoms. The smallest absolute Gasteiger partial charge is 0.744 e. The number of hydrogen-bond acceptors (Lipinski definition) is 13. The Hall–Kier alpha value is -3.28. The van der Waals surface area contributed by atoms with Crippen LogP contribution in [0, 0.1) is 0 Å². The molecule has 0 aliphatic heterocycles. The molecule has 4 aromatic carbocycles. The molecule has 4 aromatic rings. The summed E-state index contributed by atoms with van der Waals surface area (Å²) in [5.41, 5.74) is -3.01. The van der Waals surface area contributed by atoms with E-state index in [1.807, 2.05) is 0 Å². The van der Waals surface area contributed by atoms with Crippen LogP contribution in [0.3, 0.4) is 0 Å². The Morgan fingerprint density at radius 2 is 0.551 bits per heavy atom. The van der Waals surface area contributed by atoms with E-state index in [1.165, 1.54) is 0 Å². The first kappa shape index (κ1) is 38.5. The zero-order valence-corrected chi connectivity index (χ0v) is 30.2. The van der Waals surface area contributed by atoms with Crippen molar-refractivity contribution in [1.82, 2.24) is 0 Å². The predicted octanol–water partition coefficient (Wildman–Crippen LogP) is -1.17. The van der Waals surface area contributed by atoms with E-state index in [0.29, 0.717) is 0 Å². The van der Waals surface area contributed by atoms with Crippen LogP contribution in [0.2, 0.25) is 0 Å². The summed E-state index contributed by atoms with van der Waals surface area (Å²) in [6, 6.07) is 6.06. The van der Waals surface area contributed by atoms with Gasteiger partial charge in [0.15, 0.2) is 0 Å². The molecule has 0 saturated heterocycles. The maximum atomic E-state index is 12.2. The maximum Gasteiger partial charge on any atom is 1.00 e. The normalized spacial score (nSPS) is 13.8. The molecule has 0 amide bonds. The summed E-state index contributed by atoms with van der Waals surface area (Å²) in [5, 5.41) is 44.8. The van der Waals surface area contributed by atoms with Gasteiger partial charge in [-0.15, -0.1) is 0 Å². The first-order valence-electron chi connectivity index (χ1n) is 13.2. The fraction of sp³-hybridized carbons (Fsp3) is 0.143. The maximum absolute atomic E-state index is 12.2. The van der Waals surface area contributed by atoms with Crippen LogP contribution in [0.25, 0.3) is 0 Å². The van der Waals surface area contributed by atoms with Gasteiger partial charge in [0.1, 0.15) is 33.1 Å². The third-order valence-corrected chi connectivity index (χ3v) is 11.0.